The minimum atomic E-state index is -0.958. The van der Waals surface area contributed by atoms with Crippen LogP contribution >= 0.6 is 12.6 Å². The number of carbonyl (C=O) groups is 3. The molecule has 1 aromatic rings. The van der Waals surface area contributed by atoms with Crippen LogP contribution in [0.1, 0.15) is 104 Å². The number of unbranched alkanes of at least 4 members (excludes halogenated alkanes) is 5. The number of hydrogen-bond donors (Lipinski definition) is 3. The van der Waals surface area contributed by atoms with Crippen LogP contribution in [0, 0.1) is 0 Å². The highest BCUT2D eigenvalue weighted by Gasteiger charge is 2.36. The third-order valence-electron chi connectivity index (χ3n) is 5.73. The molecule has 8 heteroatoms. The van der Waals surface area contributed by atoms with E-state index in [1.807, 2.05) is 45.0 Å². The van der Waals surface area contributed by atoms with Crippen molar-refractivity contribution in [1.29, 1.82) is 0 Å². The van der Waals surface area contributed by atoms with Crippen LogP contribution in [0.3, 0.4) is 0 Å². The molecular weight excluding hydrogens is 498 g/mol. The summed E-state index contributed by atoms with van der Waals surface area (Å²) < 4.78 is 5.38. The lowest BCUT2D eigenvalue weighted by Crippen LogP contribution is -2.55. The summed E-state index contributed by atoms with van der Waals surface area (Å²) in [5.74, 6) is -0.600. The maximum Gasteiger partial charge on any atom is 0.408 e. The number of alkyl carbamates (subject to hydrolysis) is 1. The fourth-order valence-electron chi connectivity index (χ4n) is 4.03. The van der Waals surface area contributed by atoms with Crippen molar-refractivity contribution in [2.24, 2.45) is 0 Å². The molecule has 1 rings (SSSR count). The van der Waals surface area contributed by atoms with Gasteiger partial charge >= 0.3 is 6.09 Å². The summed E-state index contributed by atoms with van der Waals surface area (Å²) in [7, 11) is 0. The lowest BCUT2D eigenvalue weighted by molar-refractivity contribution is -0.142. The van der Waals surface area contributed by atoms with E-state index in [2.05, 4.69) is 36.8 Å². The predicted molar refractivity (Wildman–Crippen MR) is 159 cm³/mol. The fourth-order valence-corrected chi connectivity index (χ4v) is 4.28. The molecule has 0 aliphatic carbocycles. The Morgan fingerprint density at radius 1 is 1.05 bits per heavy atom. The summed E-state index contributed by atoms with van der Waals surface area (Å²) >= 11 is 4.36. The summed E-state index contributed by atoms with van der Waals surface area (Å²) in [6.07, 6.45) is 7.22. The Morgan fingerprint density at radius 2 is 1.68 bits per heavy atom. The van der Waals surface area contributed by atoms with Gasteiger partial charge in [-0.2, -0.15) is 12.6 Å². The Labute approximate surface area is 235 Å². The zero-order valence-electron chi connectivity index (χ0n) is 24.4. The molecule has 1 aromatic carbocycles. The van der Waals surface area contributed by atoms with Crippen molar-refractivity contribution in [2.45, 2.75) is 110 Å². The third kappa shape index (κ3) is 12.4. The number of hydrogen-bond acceptors (Lipinski definition) is 5. The van der Waals surface area contributed by atoms with Gasteiger partial charge in [-0.25, -0.2) is 4.79 Å². The molecule has 0 heterocycles. The summed E-state index contributed by atoms with van der Waals surface area (Å²) in [5.41, 5.74) is 0.310. The van der Waals surface area contributed by atoms with Crippen molar-refractivity contribution >= 4 is 36.6 Å². The van der Waals surface area contributed by atoms with Gasteiger partial charge in [0.2, 0.25) is 11.8 Å². The quantitative estimate of drug-likeness (QED) is 0.188. The summed E-state index contributed by atoms with van der Waals surface area (Å²) in [6.45, 7) is 17.4. The minimum Gasteiger partial charge on any atom is -0.444 e. The molecule has 2 unspecified atom stereocenters. The van der Waals surface area contributed by atoms with Gasteiger partial charge in [0.05, 0.1) is 0 Å². The Bertz CT molecular complexity index is 921. The number of thiol groups is 1. The largest absolute Gasteiger partial charge is 0.444 e. The van der Waals surface area contributed by atoms with Crippen molar-refractivity contribution in [2.75, 3.05) is 12.3 Å². The Morgan fingerprint density at radius 3 is 2.24 bits per heavy atom. The van der Waals surface area contributed by atoms with Gasteiger partial charge < -0.3 is 20.3 Å². The highest BCUT2D eigenvalue weighted by atomic mass is 32.1. The van der Waals surface area contributed by atoms with Gasteiger partial charge in [0.25, 0.3) is 0 Å². The number of amides is 3. The van der Waals surface area contributed by atoms with E-state index in [1.165, 1.54) is 6.42 Å². The van der Waals surface area contributed by atoms with Gasteiger partial charge in [-0.15, -0.1) is 0 Å². The zero-order chi connectivity index (χ0) is 28.9. The summed E-state index contributed by atoms with van der Waals surface area (Å²) in [6, 6.07) is 5.62. The average molecular weight is 548 g/mol. The van der Waals surface area contributed by atoms with Gasteiger partial charge in [0.1, 0.15) is 17.7 Å². The first kappa shape index (κ1) is 33.5. The average Bonchev–Trinajstić information content (AvgIpc) is 2.81. The summed E-state index contributed by atoms with van der Waals surface area (Å²) in [4.78, 5) is 41.8. The number of benzene rings is 1. The monoisotopic (exact) mass is 547 g/mol. The highest BCUT2D eigenvalue weighted by molar-refractivity contribution is 7.80. The molecule has 3 amide bonds. The minimum absolute atomic E-state index is 0.0609. The predicted octanol–water partition coefficient (Wildman–Crippen LogP) is 6.30. The number of rotatable bonds is 14. The fraction of sp³-hybridized carbons (Fsp3) is 0.633. The van der Waals surface area contributed by atoms with Crippen molar-refractivity contribution in [3.05, 3.63) is 42.0 Å². The van der Waals surface area contributed by atoms with Crippen molar-refractivity contribution < 1.29 is 19.1 Å². The molecule has 0 aliphatic rings. The van der Waals surface area contributed by atoms with E-state index in [0.29, 0.717) is 12.1 Å². The highest BCUT2D eigenvalue weighted by Crippen LogP contribution is 2.26. The van der Waals surface area contributed by atoms with Crippen LogP contribution in [0.4, 0.5) is 4.79 Å². The van der Waals surface area contributed by atoms with Crippen LogP contribution in [-0.4, -0.2) is 52.3 Å². The van der Waals surface area contributed by atoms with Crippen molar-refractivity contribution in [3.8, 4) is 0 Å². The molecule has 0 aliphatic heterocycles. The molecule has 38 heavy (non-hydrogen) atoms. The molecular formula is C30H49N3O4S. The topological polar surface area (TPSA) is 87.7 Å². The van der Waals surface area contributed by atoms with E-state index in [-0.39, 0.29) is 17.6 Å². The Hall–Kier alpha value is -2.48. The van der Waals surface area contributed by atoms with Crippen LogP contribution in [-0.2, 0) is 14.3 Å². The second kappa shape index (κ2) is 15.8. The van der Waals surface area contributed by atoms with E-state index in [1.54, 1.807) is 31.7 Å². The summed E-state index contributed by atoms with van der Waals surface area (Å²) in [5, 5.41) is 5.71. The number of carbonyl (C=O) groups excluding carboxylic acids is 3. The molecule has 0 spiro atoms. The van der Waals surface area contributed by atoms with Gasteiger partial charge in [0.15, 0.2) is 0 Å². The molecule has 2 atom stereocenters. The molecule has 2 N–H and O–H groups in total. The normalized spacial score (nSPS) is 13.3. The van der Waals surface area contributed by atoms with Gasteiger partial charge in [-0.05, 0) is 65.2 Å². The van der Waals surface area contributed by atoms with E-state index >= 15 is 0 Å². The lowest BCUT2D eigenvalue weighted by atomic mass is 9.98. The smallest absolute Gasteiger partial charge is 0.408 e. The van der Waals surface area contributed by atoms with Crippen LogP contribution in [0.2, 0.25) is 0 Å². The first-order valence-corrected chi connectivity index (χ1v) is 14.3. The first-order valence-electron chi connectivity index (χ1n) is 13.7. The molecule has 214 valence electrons. The Balaban J connectivity index is 3.42. The first-order chi connectivity index (χ1) is 17.7. The maximum atomic E-state index is 14.0. The van der Waals surface area contributed by atoms with E-state index in [9.17, 15) is 14.4 Å². The second-order valence-electron chi connectivity index (χ2n) is 11.7. The van der Waals surface area contributed by atoms with Gasteiger partial charge in [0, 0.05) is 17.8 Å². The number of ether oxygens (including phenoxy) is 1. The Kier molecular flexibility index (Phi) is 14.0. The molecule has 0 saturated carbocycles. The second-order valence-corrected chi connectivity index (χ2v) is 12.1. The standard InChI is InChI=1S/C30H49N3O4S/c1-9-11-12-13-14-15-19-33(27(35)24(21-38)31-28(36)37-30(6,7)8)25(26(34)32-29(3,4)5)23-18-16-17-22(10-2)20-23/h10,16-18,20,24-25,38H,2,9,11-15,19,21H2,1,3-8H3,(H,31,36)(H,32,34). The van der Waals surface area contributed by atoms with Crippen molar-refractivity contribution in [3.63, 3.8) is 0 Å². The van der Waals surface area contributed by atoms with E-state index in [4.69, 9.17) is 4.74 Å². The van der Waals surface area contributed by atoms with E-state index in [0.717, 1.165) is 37.7 Å². The third-order valence-corrected chi connectivity index (χ3v) is 6.09. The molecule has 0 bridgehead atoms. The van der Waals surface area contributed by atoms with Gasteiger partial charge in [-0.3, -0.25) is 9.59 Å². The van der Waals surface area contributed by atoms with Crippen LogP contribution in [0.15, 0.2) is 30.8 Å². The SMILES string of the molecule is C=Cc1cccc(C(C(=O)NC(C)(C)C)N(CCCCCCCC)C(=O)C(CS)NC(=O)OC(C)(C)C)c1. The molecule has 0 aromatic heterocycles. The molecule has 0 fully saturated rings. The maximum absolute atomic E-state index is 14.0. The van der Waals surface area contributed by atoms with Crippen LogP contribution in [0.5, 0.6) is 0 Å². The number of nitrogens with one attached hydrogen (secondary N) is 2. The molecule has 0 radical (unpaired) electrons. The lowest BCUT2D eigenvalue weighted by Gasteiger charge is -2.36. The molecule has 0 saturated heterocycles. The van der Waals surface area contributed by atoms with Gasteiger partial charge in [-0.1, -0.05) is 69.9 Å². The number of nitrogens with zero attached hydrogens (tertiary/aromatic N) is 1. The van der Waals surface area contributed by atoms with Crippen LogP contribution in [0.25, 0.3) is 6.08 Å². The zero-order valence-corrected chi connectivity index (χ0v) is 25.3. The molecule has 7 nitrogen and oxygen atoms in total. The van der Waals surface area contributed by atoms with Crippen LogP contribution < -0.4 is 10.6 Å². The van der Waals surface area contributed by atoms with Crippen molar-refractivity contribution in [1.82, 2.24) is 15.5 Å². The van der Waals surface area contributed by atoms with E-state index < -0.39 is 29.3 Å².